The Morgan fingerprint density at radius 2 is 1.32 bits per heavy atom. The van der Waals surface area contributed by atoms with Crippen molar-refractivity contribution in [3.8, 4) is 34.4 Å². The summed E-state index contributed by atoms with van der Waals surface area (Å²) in [4.78, 5) is 56.6. The normalized spacial score (nSPS) is 10.9. The number of methoxy groups -OCH3 is 2. The second-order valence-corrected chi connectivity index (χ2v) is 11.7. The Morgan fingerprint density at radius 1 is 0.830 bits per heavy atom. The lowest BCUT2D eigenvalue weighted by molar-refractivity contribution is -0.120. The number of hydrogen-bond acceptors (Lipinski definition) is 9. The van der Waals surface area contributed by atoms with Crippen molar-refractivity contribution in [2.45, 2.75) is 66.5 Å². The third-order valence-electron chi connectivity index (χ3n) is 7.09. The van der Waals surface area contributed by atoms with Gasteiger partial charge in [0.25, 0.3) is 0 Å². The zero-order valence-electron chi connectivity index (χ0n) is 32.1. The van der Waals surface area contributed by atoms with Gasteiger partial charge < -0.3 is 45.9 Å². The summed E-state index contributed by atoms with van der Waals surface area (Å²) >= 11 is 0. The van der Waals surface area contributed by atoms with Gasteiger partial charge in [-0.1, -0.05) is 77.1 Å². The van der Waals surface area contributed by atoms with E-state index in [2.05, 4.69) is 109 Å². The molecule has 0 saturated carbocycles. The molecule has 0 saturated heterocycles. The maximum Gasteiger partial charge on any atom is 0.407 e. The van der Waals surface area contributed by atoms with Crippen LogP contribution in [-0.2, 0) is 25.5 Å². The van der Waals surface area contributed by atoms with Crippen LogP contribution in [0, 0.1) is 17.8 Å². The molecule has 0 radical (unpaired) electrons. The molecule has 7 N–H and O–H groups in total. The highest BCUT2D eigenvalue weighted by Gasteiger charge is 2.21. The van der Waals surface area contributed by atoms with Crippen molar-refractivity contribution in [3.63, 3.8) is 0 Å². The van der Waals surface area contributed by atoms with Crippen LogP contribution in [0.2, 0.25) is 0 Å². The zero-order chi connectivity index (χ0) is 39.8. The summed E-state index contributed by atoms with van der Waals surface area (Å²) < 4.78 is 8.47. The SMILES string of the molecule is CCC.CCc1ncc(-c2ccc(C#Cc3ccc(-c4cnc(C(C)NC)[nH]4)cc3)cc2)[nH]1.COC(=O)NC(C(N)=O)C(C)C.COC(=O)NCC=O. The van der Waals surface area contributed by atoms with Crippen molar-refractivity contribution in [2.24, 2.45) is 11.7 Å². The Labute approximate surface area is 312 Å². The average Bonchev–Trinajstić information content (AvgIpc) is 3.87. The highest BCUT2D eigenvalue weighted by atomic mass is 16.5. The molecule has 0 aliphatic rings. The molecule has 2 aromatic carbocycles. The summed E-state index contributed by atoms with van der Waals surface area (Å²) in [5.74, 6) is 7.81. The van der Waals surface area contributed by atoms with E-state index in [0.717, 1.165) is 51.7 Å². The number of nitrogens with zero attached hydrogens (tertiary/aromatic N) is 2. The molecule has 2 unspecified atom stereocenters. The highest BCUT2D eigenvalue weighted by Crippen LogP contribution is 2.20. The second kappa shape index (κ2) is 25.1. The molecule has 2 atom stereocenters. The second-order valence-electron chi connectivity index (χ2n) is 11.7. The molecule has 14 heteroatoms. The summed E-state index contributed by atoms with van der Waals surface area (Å²) in [6.45, 7) is 12.0. The van der Waals surface area contributed by atoms with Gasteiger partial charge in [-0.05, 0) is 55.3 Å². The van der Waals surface area contributed by atoms with Crippen LogP contribution in [0.1, 0.15) is 76.8 Å². The van der Waals surface area contributed by atoms with E-state index in [1.54, 1.807) is 13.8 Å². The summed E-state index contributed by atoms with van der Waals surface area (Å²) in [6, 6.07) is 16.0. The van der Waals surface area contributed by atoms with Gasteiger partial charge in [-0.3, -0.25) is 4.79 Å². The Bertz CT molecular complexity index is 1740. The number of hydrogen-bond donors (Lipinski definition) is 6. The van der Waals surface area contributed by atoms with Crippen LogP contribution in [0.5, 0.6) is 0 Å². The van der Waals surface area contributed by atoms with Gasteiger partial charge in [-0.15, -0.1) is 0 Å². The number of aromatic nitrogens is 4. The number of carbonyl (C=O) groups is 4. The molecule has 0 fully saturated rings. The van der Waals surface area contributed by atoms with E-state index < -0.39 is 24.1 Å². The number of ether oxygens (including phenoxy) is 2. The first kappa shape index (κ1) is 45.1. The number of benzene rings is 2. The predicted molar refractivity (Wildman–Crippen MR) is 207 cm³/mol. The summed E-state index contributed by atoms with van der Waals surface area (Å²) in [7, 11) is 4.39. The first-order chi connectivity index (χ1) is 25.4. The molecule has 2 aromatic heterocycles. The van der Waals surface area contributed by atoms with Crippen LogP contribution < -0.4 is 21.7 Å². The van der Waals surface area contributed by atoms with E-state index in [0.29, 0.717) is 6.29 Å². The van der Waals surface area contributed by atoms with Crippen molar-refractivity contribution in [2.75, 3.05) is 27.8 Å². The van der Waals surface area contributed by atoms with Crippen LogP contribution >= 0.6 is 0 Å². The number of aldehydes is 1. The minimum atomic E-state index is -0.669. The Morgan fingerprint density at radius 3 is 1.72 bits per heavy atom. The largest absolute Gasteiger partial charge is 0.453 e. The summed E-state index contributed by atoms with van der Waals surface area (Å²) in [5.41, 5.74) is 11.2. The van der Waals surface area contributed by atoms with Crippen LogP contribution in [0.4, 0.5) is 9.59 Å². The number of rotatable bonds is 10. The lowest BCUT2D eigenvalue weighted by Crippen LogP contribution is -2.47. The van der Waals surface area contributed by atoms with Crippen LogP contribution in [0.25, 0.3) is 22.5 Å². The summed E-state index contributed by atoms with van der Waals surface area (Å²) in [6.07, 6.45) is 5.25. The van der Waals surface area contributed by atoms with Gasteiger partial charge in [-0.2, -0.15) is 0 Å². The third-order valence-corrected chi connectivity index (χ3v) is 7.09. The minimum absolute atomic E-state index is 0.00662. The molecule has 3 amide bonds. The lowest BCUT2D eigenvalue weighted by Gasteiger charge is -2.17. The lowest BCUT2D eigenvalue weighted by atomic mass is 10.0. The van der Waals surface area contributed by atoms with Crippen molar-refractivity contribution in [3.05, 3.63) is 83.7 Å². The van der Waals surface area contributed by atoms with Gasteiger partial charge in [0.1, 0.15) is 24.0 Å². The summed E-state index contributed by atoms with van der Waals surface area (Å²) in [5, 5.41) is 7.67. The number of nitrogens with two attached hydrogens (primary N) is 1. The fraction of sp³-hybridized carbons (Fsp3) is 0.385. The van der Waals surface area contributed by atoms with Gasteiger partial charge in [-0.25, -0.2) is 19.6 Å². The molecule has 286 valence electrons. The maximum atomic E-state index is 10.7. The number of alkyl carbamates (subject to hydrolysis) is 2. The van der Waals surface area contributed by atoms with Gasteiger partial charge in [0.15, 0.2) is 0 Å². The van der Waals surface area contributed by atoms with Crippen LogP contribution in [-0.4, -0.2) is 78.2 Å². The first-order valence-corrected chi connectivity index (χ1v) is 17.3. The number of carbonyl (C=O) groups excluding carboxylic acids is 4. The number of amides is 3. The number of nitrogens with one attached hydrogen (secondary N) is 5. The van der Waals surface area contributed by atoms with E-state index >= 15 is 0 Å². The number of imidazole rings is 2. The molecule has 2 heterocycles. The minimum Gasteiger partial charge on any atom is -0.453 e. The standard InChI is InChI=1S/C25H25N5.C7H14N2O3.C4H7NO3.C3H8/c1-4-24-27-15-22(29-24)20-11-7-18(8-12-20)5-6-19-9-13-21(14-10-19)23-16-28-25(30-23)17(2)26-3;1-4(2)5(6(8)10)9-7(11)12-3;1-8-4(7)5-2-3-6;1-3-2/h7-17,26H,4H2,1-3H3,(H,27,29)(H,28,30);4-5H,1-3H3,(H2,8,10)(H,9,11);3H,2H2,1H3,(H,5,7);3H2,1-2H3. The number of primary amides is 1. The molecule has 14 nitrogen and oxygen atoms in total. The predicted octanol–water partition coefficient (Wildman–Crippen LogP) is 5.52. The molecular formula is C39H54N8O6. The molecule has 0 aliphatic carbocycles. The van der Waals surface area contributed by atoms with E-state index in [-0.39, 0.29) is 18.5 Å². The smallest absolute Gasteiger partial charge is 0.407 e. The molecule has 0 bridgehead atoms. The fourth-order valence-electron chi connectivity index (χ4n) is 4.09. The fourth-order valence-corrected chi connectivity index (χ4v) is 4.09. The van der Waals surface area contributed by atoms with Gasteiger partial charge in [0, 0.05) is 17.5 Å². The molecule has 4 aromatic rings. The monoisotopic (exact) mass is 730 g/mol. The first-order valence-electron chi connectivity index (χ1n) is 17.3. The molecule has 4 rings (SSSR count). The molecule has 0 spiro atoms. The van der Waals surface area contributed by atoms with Gasteiger partial charge in [0.2, 0.25) is 5.91 Å². The van der Waals surface area contributed by atoms with Gasteiger partial charge >= 0.3 is 12.2 Å². The van der Waals surface area contributed by atoms with Crippen molar-refractivity contribution in [1.82, 2.24) is 35.9 Å². The Hall–Kier alpha value is -5.94. The van der Waals surface area contributed by atoms with Crippen molar-refractivity contribution < 1.29 is 28.7 Å². The zero-order valence-corrected chi connectivity index (χ0v) is 32.1. The van der Waals surface area contributed by atoms with E-state index in [4.69, 9.17) is 5.73 Å². The van der Waals surface area contributed by atoms with Gasteiger partial charge in [0.05, 0.1) is 50.6 Å². The quantitative estimate of drug-likeness (QED) is 0.0896. The molecular weight excluding hydrogens is 676 g/mol. The highest BCUT2D eigenvalue weighted by molar-refractivity contribution is 5.84. The number of H-pyrrole nitrogens is 2. The number of aryl methyl sites for hydroxylation is 1. The van der Waals surface area contributed by atoms with Crippen LogP contribution in [0.15, 0.2) is 60.9 Å². The van der Waals surface area contributed by atoms with E-state index in [1.165, 1.54) is 20.6 Å². The maximum absolute atomic E-state index is 10.7. The average molecular weight is 731 g/mol. The van der Waals surface area contributed by atoms with Crippen LogP contribution in [0.3, 0.4) is 0 Å². The van der Waals surface area contributed by atoms with E-state index in [9.17, 15) is 19.2 Å². The van der Waals surface area contributed by atoms with E-state index in [1.807, 2.05) is 43.7 Å². The topological polar surface area (TPSA) is 206 Å². The number of aromatic amines is 2. The Balaban J connectivity index is 0.000000503. The third kappa shape index (κ3) is 16.8. The van der Waals surface area contributed by atoms with Crippen molar-refractivity contribution >= 4 is 24.4 Å². The van der Waals surface area contributed by atoms with Crippen molar-refractivity contribution in [1.29, 1.82) is 0 Å². The Kier molecular flexibility index (Phi) is 21.3. The molecule has 53 heavy (non-hydrogen) atoms. The molecule has 0 aliphatic heterocycles.